The molecule has 1 fully saturated rings. The van der Waals surface area contributed by atoms with Gasteiger partial charge in [-0.2, -0.15) is 0 Å². The average molecular weight is 279 g/mol. The summed E-state index contributed by atoms with van der Waals surface area (Å²) in [6, 6.07) is 0. The van der Waals surface area contributed by atoms with Gasteiger partial charge in [-0.15, -0.1) is 0 Å². The van der Waals surface area contributed by atoms with Crippen molar-refractivity contribution in [3.63, 3.8) is 0 Å². The van der Waals surface area contributed by atoms with Gasteiger partial charge >= 0.3 is 5.97 Å². The minimum absolute atomic E-state index is 0.103. The molecule has 0 amide bonds. The quantitative estimate of drug-likeness (QED) is 0.854. The molecule has 1 aromatic heterocycles. The van der Waals surface area contributed by atoms with Crippen molar-refractivity contribution in [3.05, 3.63) is 22.7 Å². The van der Waals surface area contributed by atoms with E-state index in [1.807, 2.05) is 6.92 Å². The zero-order chi connectivity index (χ0) is 14.5. The van der Waals surface area contributed by atoms with Crippen molar-refractivity contribution in [2.75, 3.05) is 11.9 Å². The lowest BCUT2D eigenvalue weighted by Gasteiger charge is -2.26. The third-order valence-electron chi connectivity index (χ3n) is 4.01. The lowest BCUT2D eigenvalue weighted by atomic mass is 9.82. The number of carboxylic acids is 1. The second-order valence-corrected chi connectivity index (χ2v) is 5.30. The molecule has 6 nitrogen and oxygen atoms in total. The maximum Gasteiger partial charge on any atom is 0.306 e. The summed E-state index contributed by atoms with van der Waals surface area (Å²) in [7, 11) is 0. The second-order valence-electron chi connectivity index (χ2n) is 5.30. The van der Waals surface area contributed by atoms with Gasteiger partial charge in [-0.1, -0.05) is 0 Å². The van der Waals surface area contributed by atoms with E-state index in [1.54, 1.807) is 17.0 Å². The van der Waals surface area contributed by atoms with Crippen molar-refractivity contribution in [1.29, 1.82) is 0 Å². The van der Waals surface area contributed by atoms with E-state index in [0.29, 0.717) is 24.8 Å². The molecule has 0 spiro atoms. The first-order valence-electron chi connectivity index (χ1n) is 7.14. The Labute approximate surface area is 117 Å². The molecule has 0 atom stereocenters. The molecule has 1 aromatic rings. The van der Waals surface area contributed by atoms with E-state index in [4.69, 9.17) is 5.11 Å². The molecule has 0 aromatic carbocycles. The fourth-order valence-corrected chi connectivity index (χ4v) is 2.67. The Morgan fingerprint density at radius 1 is 1.45 bits per heavy atom. The Morgan fingerprint density at radius 2 is 2.15 bits per heavy atom. The predicted octanol–water partition coefficient (Wildman–Crippen LogP) is 1.57. The normalized spacial score (nSPS) is 22.4. The van der Waals surface area contributed by atoms with Crippen molar-refractivity contribution in [3.8, 4) is 0 Å². The minimum atomic E-state index is -0.688. The van der Waals surface area contributed by atoms with Crippen LogP contribution < -0.4 is 10.9 Å². The van der Waals surface area contributed by atoms with Gasteiger partial charge in [0, 0.05) is 25.5 Å². The van der Waals surface area contributed by atoms with Gasteiger partial charge in [0.15, 0.2) is 5.82 Å². The van der Waals surface area contributed by atoms with Crippen LogP contribution in [0.1, 0.15) is 32.6 Å². The molecule has 2 rings (SSSR count). The highest BCUT2D eigenvalue weighted by Gasteiger charge is 2.25. The summed E-state index contributed by atoms with van der Waals surface area (Å²) in [6.07, 6.45) is 6.52. The monoisotopic (exact) mass is 279 g/mol. The predicted molar refractivity (Wildman–Crippen MR) is 75.7 cm³/mol. The molecule has 6 heteroatoms. The standard InChI is InChI=1S/C14H21N3O3/c1-2-17-8-7-15-12(13(17)18)16-9-10-3-5-11(6-4-10)14(19)20/h7-8,10-11H,2-6,9H2,1H3,(H,15,16)(H,19,20). The number of aryl methyl sites for hydroxylation is 1. The van der Waals surface area contributed by atoms with Crippen LogP contribution in [0.15, 0.2) is 17.2 Å². The Bertz CT molecular complexity index is 519. The highest BCUT2D eigenvalue weighted by Crippen LogP contribution is 2.28. The van der Waals surface area contributed by atoms with E-state index in [-0.39, 0.29) is 11.5 Å². The maximum absolute atomic E-state index is 12.0. The molecule has 110 valence electrons. The van der Waals surface area contributed by atoms with Gasteiger partial charge in [0.1, 0.15) is 0 Å². The molecular weight excluding hydrogens is 258 g/mol. The summed E-state index contributed by atoms with van der Waals surface area (Å²) in [4.78, 5) is 26.9. The highest BCUT2D eigenvalue weighted by atomic mass is 16.4. The SMILES string of the molecule is CCn1ccnc(NCC2CCC(C(=O)O)CC2)c1=O. The summed E-state index contributed by atoms with van der Waals surface area (Å²) in [5, 5.41) is 12.1. The third-order valence-corrected chi connectivity index (χ3v) is 4.01. The third kappa shape index (κ3) is 3.37. The minimum Gasteiger partial charge on any atom is -0.481 e. The van der Waals surface area contributed by atoms with Gasteiger partial charge in [0.05, 0.1) is 5.92 Å². The fourth-order valence-electron chi connectivity index (χ4n) is 2.67. The van der Waals surface area contributed by atoms with Crippen LogP contribution in [0, 0.1) is 11.8 Å². The molecule has 0 bridgehead atoms. The first-order valence-corrected chi connectivity index (χ1v) is 7.14. The van der Waals surface area contributed by atoms with Crippen LogP contribution in [0.3, 0.4) is 0 Å². The van der Waals surface area contributed by atoms with E-state index in [1.165, 1.54) is 0 Å². The van der Waals surface area contributed by atoms with Crippen LogP contribution in [0.25, 0.3) is 0 Å². The number of hydrogen-bond donors (Lipinski definition) is 2. The maximum atomic E-state index is 12.0. The zero-order valence-electron chi connectivity index (χ0n) is 11.7. The van der Waals surface area contributed by atoms with Gasteiger partial charge in [0.25, 0.3) is 5.56 Å². The van der Waals surface area contributed by atoms with Crippen LogP contribution >= 0.6 is 0 Å². The molecule has 1 aliphatic carbocycles. The van der Waals surface area contributed by atoms with Crippen molar-refractivity contribution >= 4 is 11.8 Å². The summed E-state index contributed by atoms with van der Waals surface area (Å²) >= 11 is 0. The van der Waals surface area contributed by atoms with Crippen molar-refractivity contribution < 1.29 is 9.90 Å². The number of aliphatic carboxylic acids is 1. The van der Waals surface area contributed by atoms with Gasteiger partial charge < -0.3 is 15.0 Å². The number of carboxylic acid groups (broad SMARTS) is 1. The summed E-state index contributed by atoms with van der Waals surface area (Å²) in [6.45, 7) is 3.22. The topological polar surface area (TPSA) is 84.2 Å². The molecule has 20 heavy (non-hydrogen) atoms. The summed E-state index contributed by atoms with van der Waals surface area (Å²) < 4.78 is 1.61. The second kappa shape index (κ2) is 6.54. The molecule has 1 aliphatic rings. The first-order chi connectivity index (χ1) is 9.61. The van der Waals surface area contributed by atoms with Gasteiger partial charge in [-0.05, 0) is 38.5 Å². The van der Waals surface area contributed by atoms with Crippen LogP contribution in [0.5, 0.6) is 0 Å². The molecule has 1 heterocycles. The Morgan fingerprint density at radius 3 is 2.75 bits per heavy atom. The van der Waals surface area contributed by atoms with E-state index in [9.17, 15) is 9.59 Å². The van der Waals surface area contributed by atoms with Crippen molar-refractivity contribution in [2.24, 2.45) is 11.8 Å². The van der Waals surface area contributed by atoms with Gasteiger partial charge in [-0.25, -0.2) is 4.98 Å². The summed E-state index contributed by atoms with van der Waals surface area (Å²) in [5.74, 6) is -0.0813. The number of aromatic nitrogens is 2. The van der Waals surface area contributed by atoms with Crippen LogP contribution in [-0.4, -0.2) is 27.2 Å². The van der Waals surface area contributed by atoms with E-state index in [2.05, 4.69) is 10.3 Å². The number of carbonyl (C=O) groups is 1. The number of nitrogens with zero attached hydrogens (tertiary/aromatic N) is 2. The van der Waals surface area contributed by atoms with Gasteiger partial charge in [0.2, 0.25) is 0 Å². The smallest absolute Gasteiger partial charge is 0.306 e. The fraction of sp³-hybridized carbons (Fsp3) is 0.643. The van der Waals surface area contributed by atoms with Gasteiger partial charge in [-0.3, -0.25) is 9.59 Å². The van der Waals surface area contributed by atoms with Crippen LogP contribution in [0.2, 0.25) is 0 Å². The zero-order valence-corrected chi connectivity index (χ0v) is 11.7. The Balaban J connectivity index is 1.88. The van der Waals surface area contributed by atoms with Crippen LogP contribution in [-0.2, 0) is 11.3 Å². The van der Waals surface area contributed by atoms with Crippen LogP contribution in [0.4, 0.5) is 5.82 Å². The van der Waals surface area contributed by atoms with Crippen molar-refractivity contribution in [1.82, 2.24) is 9.55 Å². The number of rotatable bonds is 5. The molecule has 2 N–H and O–H groups in total. The number of anilines is 1. The molecule has 1 saturated carbocycles. The largest absolute Gasteiger partial charge is 0.481 e. The highest BCUT2D eigenvalue weighted by molar-refractivity contribution is 5.69. The van der Waals surface area contributed by atoms with E-state index in [0.717, 1.165) is 25.7 Å². The number of hydrogen-bond acceptors (Lipinski definition) is 4. The summed E-state index contributed by atoms with van der Waals surface area (Å²) in [5.41, 5.74) is -0.103. The first kappa shape index (κ1) is 14.6. The van der Waals surface area contributed by atoms with E-state index >= 15 is 0 Å². The molecule has 0 radical (unpaired) electrons. The Hall–Kier alpha value is -1.85. The van der Waals surface area contributed by atoms with Crippen molar-refractivity contribution in [2.45, 2.75) is 39.2 Å². The lowest BCUT2D eigenvalue weighted by molar-refractivity contribution is -0.143. The molecular formula is C14H21N3O3. The Kier molecular flexibility index (Phi) is 4.76. The molecule has 0 aliphatic heterocycles. The average Bonchev–Trinajstić information content (AvgIpc) is 2.46. The number of nitrogens with one attached hydrogen (secondary N) is 1. The molecule has 0 saturated heterocycles. The molecule has 0 unspecified atom stereocenters. The van der Waals surface area contributed by atoms with E-state index < -0.39 is 5.97 Å². The lowest BCUT2D eigenvalue weighted by Crippen LogP contribution is -2.28.